The van der Waals surface area contributed by atoms with Gasteiger partial charge in [0.25, 0.3) is 11.8 Å². The van der Waals surface area contributed by atoms with Crippen molar-refractivity contribution in [3.8, 4) is 0 Å². The lowest BCUT2D eigenvalue weighted by Gasteiger charge is -2.11. The number of hydrogen-bond donors (Lipinski definition) is 3. The third-order valence-corrected chi connectivity index (χ3v) is 4.00. The van der Waals surface area contributed by atoms with E-state index < -0.39 is 17.6 Å². The van der Waals surface area contributed by atoms with E-state index in [0.29, 0.717) is 4.47 Å². The normalized spacial score (nSPS) is 10.2. The van der Waals surface area contributed by atoms with Crippen LogP contribution in [0.25, 0.3) is 0 Å². The van der Waals surface area contributed by atoms with E-state index in [-0.39, 0.29) is 12.1 Å². The van der Waals surface area contributed by atoms with Gasteiger partial charge in [-0.1, -0.05) is 17.7 Å². The van der Waals surface area contributed by atoms with Crippen LogP contribution in [-0.4, -0.2) is 18.4 Å². The number of aryl methyl sites for hydroxylation is 2. The Morgan fingerprint density at radius 3 is 2.54 bits per heavy atom. The minimum Gasteiger partial charge on any atom is -0.376 e. The number of carbonyl (C=O) groups excluding carboxylic acids is 2. The van der Waals surface area contributed by atoms with Crippen LogP contribution in [0, 0.1) is 19.7 Å². The second kappa shape index (κ2) is 7.92. The maximum absolute atomic E-state index is 13.2. The van der Waals surface area contributed by atoms with E-state index in [1.807, 2.05) is 32.0 Å². The average Bonchev–Trinajstić information content (AvgIpc) is 2.54. The van der Waals surface area contributed by atoms with Crippen molar-refractivity contribution in [1.82, 2.24) is 10.9 Å². The van der Waals surface area contributed by atoms with E-state index in [1.165, 1.54) is 12.1 Å². The van der Waals surface area contributed by atoms with E-state index >= 15 is 0 Å². The van der Waals surface area contributed by atoms with Crippen molar-refractivity contribution in [1.29, 1.82) is 0 Å². The van der Waals surface area contributed by atoms with Crippen molar-refractivity contribution in [3.05, 3.63) is 63.4 Å². The molecular weight excluding hydrogens is 377 g/mol. The molecule has 24 heavy (non-hydrogen) atoms. The first kappa shape index (κ1) is 17.9. The van der Waals surface area contributed by atoms with Gasteiger partial charge in [-0.25, -0.2) is 4.39 Å². The second-order valence-electron chi connectivity index (χ2n) is 5.30. The largest absolute Gasteiger partial charge is 0.376 e. The molecule has 0 heterocycles. The number of carbonyl (C=O) groups is 2. The smallest absolute Gasteiger partial charge is 0.270 e. The van der Waals surface area contributed by atoms with Gasteiger partial charge in [0.05, 0.1) is 12.1 Å². The Kier molecular flexibility index (Phi) is 5.92. The molecule has 5 nitrogen and oxygen atoms in total. The molecule has 2 aromatic carbocycles. The summed E-state index contributed by atoms with van der Waals surface area (Å²) in [4.78, 5) is 23.8. The van der Waals surface area contributed by atoms with Gasteiger partial charge in [-0.3, -0.25) is 20.4 Å². The summed E-state index contributed by atoms with van der Waals surface area (Å²) in [6.45, 7) is 3.93. The number of rotatable bonds is 4. The van der Waals surface area contributed by atoms with Crippen molar-refractivity contribution in [2.45, 2.75) is 13.8 Å². The third kappa shape index (κ3) is 4.79. The Morgan fingerprint density at radius 1 is 1.08 bits per heavy atom. The third-order valence-electron chi connectivity index (χ3n) is 3.31. The Balaban J connectivity index is 1.86. The molecular formula is C17H17BrFN3O2. The highest BCUT2D eigenvalue weighted by Gasteiger charge is 2.12. The van der Waals surface area contributed by atoms with Gasteiger partial charge in [0.1, 0.15) is 5.82 Å². The Morgan fingerprint density at radius 2 is 1.83 bits per heavy atom. The molecule has 0 fully saturated rings. The van der Waals surface area contributed by atoms with Crippen molar-refractivity contribution in [2.24, 2.45) is 0 Å². The Labute approximate surface area is 147 Å². The van der Waals surface area contributed by atoms with Gasteiger partial charge in [0.2, 0.25) is 0 Å². The van der Waals surface area contributed by atoms with Gasteiger partial charge in [-0.2, -0.15) is 0 Å². The number of hydrogen-bond acceptors (Lipinski definition) is 3. The molecule has 0 atom stereocenters. The average molecular weight is 394 g/mol. The molecule has 0 bridgehead atoms. The Bertz CT molecular complexity index is 780. The minimum absolute atomic E-state index is 0.00545. The molecule has 0 spiro atoms. The summed E-state index contributed by atoms with van der Waals surface area (Å²) in [6.07, 6.45) is 0. The lowest BCUT2D eigenvalue weighted by atomic mass is 10.1. The van der Waals surface area contributed by atoms with Crippen molar-refractivity contribution >= 4 is 33.4 Å². The molecule has 0 aromatic heterocycles. The van der Waals surface area contributed by atoms with Gasteiger partial charge < -0.3 is 5.32 Å². The molecule has 2 rings (SSSR count). The van der Waals surface area contributed by atoms with Crippen LogP contribution in [0.15, 0.2) is 40.9 Å². The molecule has 0 aliphatic heterocycles. The van der Waals surface area contributed by atoms with E-state index in [0.717, 1.165) is 22.9 Å². The number of benzene rings is 2. The number of nitrogens with one attached hydrogen (secondary N) is 3. The predicted octanol–water partition coefficient (Wildman–Crippen LogP) is 3.08. The van der Waals surface area contributed by atoms with Gasteiger partial charge in [0.15, 0.2) is 0 Å². The summed E-state index contributed by atoms with van der Waals surface area (Å²) in [5.74, 6) is -1.57. The van der Waals surface area contributed by atoms with E-state index in [4.69, 9.17) is 0 Å². The summed E-state index contributed by atoms with van der Waals surface area (Å²) in [7, 11) is 0. The molecule has 126 valence electrons. The first-order chi connectivity index (χ1) is 11.4. The van der Waals surface area contributed by atoms with E-state index in [2.05, 4.69) is 32.1 Å². The molecule has 0 aliphatic carbocycles. The van der Waals surface area contributed by atoms with E-state index in [1.54, 1.807) is 0 Å². The fourth-order valence-corrected chi connectivity index (χ4v) is 2.52. The lowest BCUT2D eigenvalue weighted by Crippen LogP contribution is -2.44. The maximum Gasteiger partial charge on any atom is 0.270 e. The van der Waals surface area contributed by atoms with Crippen LogP contribution in [0.3, 0.4) is 0 Å². The topological polar surface area (TPSA) is 70.2 Å². The van der Waals surface area contributed by atoms with Crippen LogP contribution in [0.4, 0.5) is 10.1 Å². The predicted molar refractivity (Wildman–Crippen MR) is 94.1 cm³/mol. The van der Waals surface area contributed by atoms with Crippen LogP contribution in [0.5, 0.6) is 0 Å². The molecule has 2 aromatic rings. The quantitative estimate of drug-likeness (QED) is 0.699. The monoisotopic (exact) mass is 393 g/mol. The Hall–Kier alpha value is -2.41. The zero-order valence-electron chi connectivity index (χ0n) is 13.2. The number of halogens is 2. The zero-order valence-corrected chi connectivity index (χ0v) is 14.8. The molecule has 0 saturated carbocycles. The van der Waals surface area contributed by atoms with E-state index in [9.17, 15) is 14.0 Å². The molecule has 0 unspecified atom stereocenters. The summed E-state index contributed by atoms with van der Waals surface area (Å²) in [6, 6.07) is 9.57. The van der Waals surface area contributed by atoms with Crippen molar-refractivity contribution in [2.75, 3.05) is 11.9 Å². The highest BCUT2D eigenvalue weighted by atomic mass is 79.9. The summed E-state index contributed by atoms with van der Waals surface area (Å²) < 4.78 is 13.6. The summed E-state index contributed by atoms with van der Waals surface area (Å²) >= 11 is 3.16. The molecule has 0 aliphatic rings. The van der Waals surface area contributed by atoms with Gasteiger partial charge in [-0.05, 0) is 59.6 Å². The van der Waals surface area contributed by atoms with Crippen LogP contribution in [0.1, 0.15) is 21.5 Å². The number of hydrazine groups is 1. The summed E-state index contributed by atoms with van der Waals surface area (Å²) in [5.41, 5.74) is 7.63. The minimum atomic E-state index is -0.610. The fraction of sp³-hybridized carbons (Fsp3) is 0.176. The van der Waals surface area contributed by atoms with Crippen LogP contribution in [0.2, 0.25) is 0 Å². The van der Waals surface area contributed by atoms with Crippen molar-refractivity contribution in [3.63, 3.8) is 0 Å². The second-order valence-corrected chi connectivity index (χ2v) is 6.15. The molecule has 2 amide bonds. The SMILES string of the molecule is Cc1ccc(NCC(=O)NNC(=O)c2cc(F)ccc2Br)c(C)c1. The van der Waals surface area contributed by atoms with Crippen LogP contribution < -0.4 is 16.2 Å². The molecule has 7 heteroatoms. The standard InChI is InChI=1S/C17H17BrFN3O2/c1-10-3-6-15(11(2)7-10)20-9-16(23)21-22-17(24)13-8-12(19)4-5-14(13)18/h3-8,20H,9H2,1-2H3,(H,21,23)(H,22,24). The molecule has 0 radical (unpaired) electrons. The molecule has 0 saturated heterocycles. The molecule has 3 N–H and O–H groups in total. The first-order valence-corrected chi connectivity index (χ1v) is 8.01. The number of amides is 2. The van der Waals surface area contributed by atoms with Gasteiger partial charge >= 0.3 is 0 Å². The summed E-state index contributed by atoms with van der Waals surface area (Å²) in [5, 5.41) is 2.99. The highest BCUT2D eigenvalue weighted by molar-refractivity contribution is 9.10. The maximum atomic E-state index is 13.2. The fourth-order valence-electron chi connectivity index (χ4n) is 2.10. The van der Waals surface area contributed by atoms with Gasteiger partial charge in [0, 0.05) is 10.2 Å². The highest BCUT2D eigenvalue weighted by Crippen LogP contribution is 2.17. The van der Waals surface area contributed by atoms with Crippen molar-refractivity contribution < 1.29 is 14.0 Å². The first-order valence-electron chi connectivity index (χ1n) is 7.22. The van der Waals surface area contributed by atoms with Crippen LogP contribution >= 0.6 is 15.9 Å². The van der Waals surface area contributed by atoms with Crippen LogP contribution in [-0.2, 0) is 4.79 Å². The zero-order chi connectivity index (χ0) is 17.7. The number of anilines is 1. The van der Waals surface area contributed by atoms with Gasteiger partial charge in [-0.15, -0.1) is 0 Å². The lowest BCUT2D eigenvalue weighted by molar-refractivity contribution is -0.120.